The first-order valence-electron chi connectivity index (χ1n) is 16.5. The minimum Gasteiger partial charge on any atom is -0.456 e. The molecular formula is C44H25ClN2OS2. The third-order valence-corrected chi connectivity index (χ3v) is 12.5. The summed E-state index contributed by atoms with van der Waals surface area (Å²) < 4.78 is 12.5. The molecular weight excluding hydrogens is 672 g/mol. The molecule has 7 aromatic carbocycles. The summed E-state index contributed by atoms with van der Waals surface area (Å²) in [6.45, 7) is 0. The van der Waals surface area contributed by atoms with Gasteiger partial charge in [0.25, 0.3) is 0 Å². The van der Waals surface area contributed by atoms with Gasteiger partial charge in [-0.2, -0.15) is 0 Å². The number of hydrogen-bond acceptors (Lipinski definition) is 4. The Morgan fingerprint density at radius 3 is 2.06 bits per heavy atom. The molecule has 0 spiro atoms. The van der Waals surface area contributed by atoms with Gasteiger partial charge in [-0.25, -0.2) is 0 Å². The molecule has 0 saturated heterocycles. The molecule has 0 saturated carbocycles. The largest absolute Gasteiger partial charge is 0.456 e. The Balaban J connectivity index is 1.16. The van der Waals surface area contributed by atoms with E-state index in [9.17, 15) is 0 Å². The highest BCUT2D eigenvalue weighted by atomic mass is 35.5. The van der Waals surface area contributed by atoms with E-state index in [1.165, 1.54) is 51.4 Å². The molecule has 0 amide bonds. The van der Waals surface area contributed by atoms with Gasteiger partial charge < -0.3 is 13.9 Å². The second kappa shape index (κ2) is 10.7. The van der Waals surface area contributed by atoms with Crippen LogP contribution in [0.25, 0.3) is 79.0 Å². The number of nitrogens with zero attached hydrogens (tertiary/aromatic N) is 2. The van der Waals surface area contributed by atoms with Crippen molar-refractivity contribution in [2.45, 2.75) is 0 Å². The van der Waals surface area contributed by atoms with Crippen LogP contribution in [0.2, 0.25) is 5.02 Å². The first-order chi connectivity index (χ1) is 24.7. The van der Waals surface area contributed by atoms with Crippen molar-refractivity contribution in [2.75, 3.05) is 4.90 Å². The molecule has 0 fully saturated rings. The number of anilines is 3. The third-order valence-electron chi connectivity index (χ3n) is 9.86. The molecule has 0 aliphatic heterocycles. The van der Waals surface area contributed by atoms with Crippen LogP contribution in [-0.2, 0) is 0 Å². The Morgan fingerprint density at radius 1 is 0.480 bits per heavy atom. The number of rotatable bonds is 4. The van der Waals surface area contributed by atoms with Gasteiger partial charge in [-0.3, -0.25) is 0 Å². The number of para-hydroxylation sites is 3. The first kappa shape index (κ1) is 28.3. The van der Waals surface area contributed by atoms with Crippen LogP contribution in [0.3, 0.4) is 0 Å². The average molecular weight is 697 g/mol. The highest BCUT2D eigenvalue weighted by molar-refractivity contribution is 7.44. The number of hydrogen-bond donors (Lipinski definition) is 0. The van der Waals surface area contributed by atoms with Gasteiger partial charge in [-0.15, -0.1) is 22.7 Å². The van der Waals surface area contributed by atoms with E-state index in [4.69, 9.17) is 16.0 Å². The van der Waals surface area contributed by atoms with Gasteiger partial charge in [-0.05, 0) is 91.0 Å². The maximum absolute atomic E-state index is 6.47. The highest BCUT2D eigenvalue weighted by Gasteiger charge is 2.20. The Hall–Kier alpha value is -5.59. The zero-order chi connectivity index (χ0) is 32.9. The van der Waals surface area contributed by atoms with Crippen molar-refractivity contribution in [3.8, 4) is 5.69 Å². The van der Waals surface area contributed by atoms with E-state index in [1.807, 2.05) is 40.9 Å². The lowest BCUT2D eigenvalue weighted by Gasteiger charge is -2.26. The molecule has 6 heteroatoms. The van der Waals surface area contributed by atoms with Crippen molar-refractivity contribution >= 4 is 125 Å². The Morgan fingerprint density at radius 2 is 1.16 bits per heavy atom. The summed E-state index contributed by atoms with van der Waals surface area (Å²) in [4.78, 5) is 2.39. The monoisotopic (exact) mass is 696 g/mol. The van der Waals surface area contributed by atoms with Crippen LogP contribution in [0, 0.1) is 0 Å². The zero-order valence-electron chi connectivity index (χ0n) is 26.4. The molecule has 11 rings (SSSR count). The summed E-state index contributed by atoms with van der Waals surface area (Å²) in [5.41, 5.74) is 8.57. The molecule has 0 radical (unpaired) electrons. The van der Waals surface area contributed by atoms with Crippen LogP contribution < -0.4 is 4.90 Å². The van der Waals surface area contributed by atoms with Crippen LogP contribution in [0.1, 0.15) is 0 Å². The second-order valence-electron chi connectivity index (χ2n) is 12.7. The Bertz CT molecular complexity index is 3130. The van der Waals surface area contributed by atoms with E-state index >= 15 is 0 Å². The van der Waals surface area contributed by atoms with Crippen molar-refractivity contribution in [1.29, 1.82) is 0 Å². The van der Waals surface area contributed by atoms with Crippen molar-refractivity contribution < 1.29 is 4.42 Å². The SMILES string of the molecule is Clc1ccc2sc3sc4cc(N(c5ccc6oc7ccccc7c6c5)c5ccc6c(c5)c5ccccc5n6-c5ccccc5)ccc4c3c2c1. The molecule has 236 valence electrons. The van der Waals surface area contributed by atoms with Crippen LogP contribution in [0.15, 0.2) is 156 Å². The highest BCUT2D eigenvalue weighted by Crippen LogP contribution is 2.48. The van der Waals surface area contributed by atoms with Gasteiger partial charge in [0.15, 0.2) is 0 Å². The fraction of sp³-hybridized carbons (Fsp3) is 0. The number of halogens is 1. The van der Waals surface area contributed by atoms with Crippen LogP contribution >= 0.6 is 34.3 Å². The molecule has 0 unspecified atom stereocenters. The molecule has 3 nitrogen and oxygen atoms in total. The van der Waals surface area contributed by atoms with Gasteiger partial charge in [-0.1, -0.05) is 72.3 Å². The molecule has 11 aromatic rings. The van der Waals surface area contributed by atoms with E-state index in [0.717, 1.165) is 49.7 Å². The molecule has 0 aliphatic rings. The lowest BCUT2D eigenvalue weighted by molar-refractivity contribution is 0.669. The smallest absolute Gasteiger partial charge is 0.135 e. The minimum absolute atomic E-state index is 0.769. The van der Waals surface area contributed by atoms with E-state index in [1.54, 1.807) is 0 Å². The maximum atomic E-state index is 6.47. The number of thiophene rings is 2. The summed E-state index contributed by atoms with van der Waals surface area (Å²) >= 11 is 10.2. The van der Waals surface area contributed by atoms with Crippen LogP contribution in [0.5, 0.6) is 0 Å². The Labute approximate surface area is 299 Å². The van der Waals surface area contributed by atoms with E-state index in [0.29, 0.717) is 0 Å². The van der Waals surface area contributed by atoms with Gasteiger partial charge in [0.2, 0.25) is 0 Å². The summed E-state index contributed by atoms with van der Waals surface area (Å²) in [6, 6.07) is 54.1. The summed E-state index contributed by atoms with van der Waals surface area (Å²) in [5, 5.41) is 9.21. The fourth-order valence-electron chi connectivity index (χ4n) is 7.67. The number of aromatic nitrogens is 1. The predicted molar refractivity (Wildman–Crippen MR) is 216 cm³/mol. The topological polar surface area (TPSA) is 21.3 Å². The van der Waals surface area contributed by atoms with Crippen molar-refractivity contribution in [1.82, 2.24) is 4.57 Å². The summed E-state index contributed by atoms with van der Waals surface area (Å²) in [7, 11) is 0. The fourth-order valence-corrected chi connectivity index (χ4v) is 10.5. The van der Waals surface area contributed by atoms with Crippen LogP contribution in [0.4, 0.5) is 17.1 Å². The molecule has 4 aromatic heterocycles. The van der Waals surface area contributed by atoms with E-state index < -0.39 is 0 Å². The van der Waals surface area contributed by atoms with Gasteiger partial charge >= 0.3 is 0 Å². The second-order valence-corrected chi connectivity index (χ2v) is 15.5. The predicted octanol–water partition coefficient (Wildman–Crippen LogP) is 14.4. The standard InChI is InChI=1S/C44H25ClN2OS2/c45-26-14-21-41-36(22-26)43-33-18-15-30(25-42(33)50-44(43)49-41)46(29-17-20-40-35(24-29)32-11-5-7-13-39(32)48-40)28-16-19-38-34(23-28)31-10-4-6-12-37(31)47(38)27-8-2-1-3-9-27/h1-25H. The molecule has 0 bridgehead atoms. The zero-order valence-corrected chi connectivity index (χ0v) is 28.8. The number of furan rings is 1. The van der Waals surface area contributed by atoms with Gasteiger partial charge in [0.1, 0.15) is 11.2 Å². The van der Waals surface area contributed by atoms with E-state index in [-0.39, 0.29) is 0 Å². The quantitative estimate of drug-likeness (QED) is 0.183. The first-order valence-corrected chi connectivity index (χ1v) is 18.5. The average Bonchev–Trinajstić information content (AvgIpc) is 3.89. The normalized spacial score (nSPS) is 12.1. The molecule has 0 aliphatic carbocycles. The van der Waals surface area contributed by atoms with Gasteiger partial charge in [0, 0.05) is 74.9 Å². The third kappa shape index (κ3) is 4.15. The lowest BCUT2D eigenvalue weighted by Crippen LogP contribution is -2.09. The molecule has 0 atom stereocenters. The lowest BCUT2D eigenvalue weighted by atomic mass is 10.1. The number of fused-ring (bicyclic) bond motifs is 11. The molecule has 50 heavy (non-hydrogen) atoms. The minimum atomic E-state index is 0.769. The van der Waals surface area contributed by atoms with Crippen LogP contribution in [-0.4, -0.2) is 4.57 Å². The van der Waals surface area contributed by atoms with Crippen molar-refractivity contribution in [3.05, 3.63) is 157 Å². The van der Waals surface area contributed by atoms with Gasteiger partial charge in [0.05, 0.1) is 15.0 Å². The summed E-state index contributed by atoms with van der Waals surface area (Å²) in [6.07, 6.45) is 0. The number of benzene rings is 7. The van der Waals surface area contributed by atoms with Crippen molar-refractivity contribution in [3.63, 3.8) is 0 Å². The summed E-state index contributed by atoms with van der Waals surface area (Å²) in [5.74, 6) is 0. The molecule has 4 heterocycles. The molecule has 0 N–H and O–H groups in total. The maximum Gasteiger partial charge on any atom is 0.135 e. The van der Waals surface area contributed by atoms with Crippen molar-refractivity contribution in [2.24, 2.45) is 0 Å². The Kier molecular flexibility index (Phi) is 6.05. The van der Waals surface area contributed by atoms with E-state index in [2.05, 4.69) is 143 Å².